The van der Waals surface area contributed by atoms with Gasteiger partial charge >= 0.3 is 6.18 Å². The fourth-order valence-corrected chi connectivity index (χ4v) is 6.67. The second kappa shape index (κ2) is 6.91. The smallest absolute Gasteiger partial charge is 0.299 e. The van der Waals surface area contributed by atoms with Crippen LogP contribution in [0.3, 0.4) is 0 Å². The molecule has 1 unspecified atom stereocenters. The van der Waals surface area contributed by atoms with Crippen LogP contribution in [0.5, 0.6) is 0 Å². The van der Waals surface area contributed by atoms with Crippen molar-refractivity contribution >= 4 is 21.7 Å². The summed E-state index contributed by atoms with van der Waals surface area (Å²) >= 11 is 0. The fraction of sp³-hybridized carbons (Fsp3) is 0.600. The first-order valence-electron chi connectivity index (χ1n) is 9.35. The van der Waals surface area contributed by atoms with Crippen LogP contribution in [0.25, 0.3) is 0 Å². The largest absolute Gasteiger partial charge is 0.416 e. The van der Waals surface area contributed by atoms with E-state index in [1.54, 1.807) is 0 Å². The minimum atomic E-state index is -4.63. The molecule has 3 rings (SSSR count). The number of carbonyl (C=O) groups excluding carboxylic acids is 2. The van der Waals surface area contributed by atoms with E-state index >= 15 is 0 Å². The molecule has 160 valence electrons. The quantitative estimate of drug-likeness (QED) is 0.501. The summed E-state index contributed by atoms with van der Waals surface area (Å²) in [6, 6.07) is 3.74. The molecule has 0 spiro atoms. The summed E-state index contributed by atoms with van der Waals surface area (Å²) in [5.41, 5.74) is -2.84. The Morgan fingerprint density at radius 3 is 2.48 bits per heavy atom. The maximum Gasteiger partial charge on any atom is 0.416 e. The lowest BCUT2D eigenvalue weighted by molar-refractivity contribution is -0.137. The van der Waals surface area contributed by atoms with Gasteiger partial charge in [-0.3, -0.25) is 13.8 Å². The van der Waals surface area contributed by atoms with Gasteiger partial charge in [0.25, 0.3) is 10.1 Å². The molecule has 9 heteroatoms. The van der Waals surface area contributed by atoms with Crippen LogP contribution in [0.1, 0.15) is 56.0 Å². The molecule has 2 aliphatic carbocycles. The van der Waals surface area contributed by atoms with Crippen molar-refractivity contribution in [1.29, 1.82) is 0 Å². The minimum absolute atomic E-state index is 0.109. The molecule has 0 aliphatic heterocycles. The highest BCUT2D eigenvalue weighted by atomic mass is 32.2. The average molecular weight is 432 g/mol. The van der Waals surface area contributed by atoms with Crippen molar-refractivity contribution in [3.05, 3.63) is 35.4 Å². The van der Waals surface area contributed by atoms with Gasteiger partial charge < -0.3 is 0 Å². The van der Waals surface area contributed by atoms with Crippen LogP contribution in [-0.2, 0) is 25.3 Å². The minimum Gasteiger partial charge on any atom is -0.299 e. The SMILES string of the molecule is CC(OS(=O)(=O)C[C@]12CC[C@H](CC1=O)C2(C)C)C(=O)c1cccc(C(F)(F)F)c1. The van der Waals surface area contributed by atoms with Crippen molar-refractivity contribution in [2.45, 2.75) is 52.3 Å². The van der Waals surface area contributed by atoms with Gasteiger partial charge in [0.15, 0.2) is 5.78 Å². The molecule has 0 radical (unpaired) electrons. The van der Waals surface area contributed by atoms with Crippen molar-refractivity contribution < 1.29 is 35.4 Å². The fourth-order valence-electron chi connectivity index (χ4n) is 4.79. The Morgan fingerprint density at radius 1 is 1.31 bits per heavy atom. The summed E-state index contributed by atoms with van der Waals surface area (Å²) in [7, 11) is -4.27. The zero-order valence-corrected chi connectivity index (χ0v) is 17.2. The van der Waals surface area contributed by atoms with E-state index in [4.69, 9.17) is 4.18 Å². The van der Waals surface area contributed by atoms with E-state index in [-0.39, 0.29) is 17.3 Å². The van der Waals surface area contributed by atoms with E-state index in [2.05, 4.69) is 0 Å². The molecular formula is C20H23F3O5S. The number of alkyl halides is 3. The number of hydrogen-bond acceptors (Lipinski definition) is 5. The molecule has 1 aromatic carbocycles. The van der Waals surface area contributed by atoms with E-state index < -0.39 is 50.3 Å². The van der Waals surface area contributed by atoms with E-state index in [0.717, 1.165) is 18.6 Å². The standard InChI is InChI=1S/C20H23F3O5S/c1-12(17(25)13-5-4-6-15(9-13)20(21,22)23)28-29(26,27)11-19-8-7-14(10-16(19)24)18(19,2)3/h4-6,9,12,14H,7-8,10-11H2,1-3H3/t12?,14-,19-/m1/s1. The third-order valence-corrected chi connectivity index (χ3v) is 8.13. The lowest BCUT2D eigenvalue weighted by Crippen LogP contribution is -2.43. The second-order valence-corrected chi connectivity index (χ2v) is 10.1. The lowest BCUT2D eigenvalue weighted by atomic mass is 9.70. The Kier molecular flexibility index (Phi) is 5.23. The molecule has 5 nitrogen and oxygen atoms in total. The molecule has 3 atom stereocenters. The topological polar surface area (TPSA) is 77.5 Å². The van der Waals surface area contributed by atoms with Gasteiger partial charge in [-0.2, -0.15) is 21.6 Å². The summed E-state index contributed by atoms with van der Waals surface area (Å²) in [6.45, 7) is 4.93. The molecule has 1 aromatic rings. The Balaban J connectivity index is 1.77. The number of carbonyl (C=O) groups is 2. The van der Waals surface area contributed by atoms with Crippen molar-refractivity contribution in [2.24, 2.45) is 16.7 Å². The zero-order chi connectivity index (χ0) is 21.8. The number of Topliss-reactive ketones (excluding diaryl/α,β-unsaturated/α-hetero) is 2. The zero-order valence-electron chi connectivity index (χ0n) is 16.4. The van der Waals surface area contributed by atoms with E-state index in [1.165, 1.54) is 13.0 Å². The van der Waals surface area contributed by atoms with E-state index in [0.29, 0.717) is 18.9 Å². The molecule has 2 aliphatic rings. The van der Waals surface area contributed by atoms with Gasteiger partial charge in [-0.15, -0.1) is 0 Å². The van der Waals surface area contributed by atoms with Crippen LogP contribution in [0.15, 0.2) is 24.3 Å². The Bertz CT molecular complexity index is 951. The molecule has 2 saturated carbocycles. The summed E-state index contributed by atoms with van der Waals surface area (Å²) in [4.78, 5) is 25.0. The maximum atomic E-state index is 12.9. The summed E-state index contributed by atoms with van der Waals surface area (Å²) in [5.74, 6) is -1.39. The van der Waals surface area contributed by atoms with E-state index in [1.807, 2.05) is 13.8 Å². The first kappa shape index (κ1) is 22.0. The van der Waals surface area contributed by atoms with Crippen LogP contribution in [0.4, 0.5) is 13.2 Å². The van der Waals surface area contributed by atoms with E-state index in [9.17, 15) is 31.2 Å². The third kappa shape index (κ3) is 3.74. The monoisotopic (exact) mass is 432 g/mol. The molecule has 0 saturated heterocycles. The number of hydrogen-bond donors (Lipinski definition) is 0. The summed E-state index contributed by atoms with van der Waals surface area (Å²) in [5, 5.41) is 0. The van der Waals surface area contributed by atoms with Gasteiger partial charge in [0.1, 0.15) is 11.9 Å². The first-order valence-corrected chi connectivity index (χ1v) is 10.9. The molecule has 0 aromatic heterocycles. The van der Waals surface area contributed by atoms with Gasteiger partial charge in [0.05, 0.1) is 16.7 Å². The first-order chi connectivity index (χ1) is 13.2. The van der Waals surface area contributed by atoms with Crippen molar-refractivity contribution in [1.82, 2.24) is 0 Å². The molecule has 0 N–H and O–H groups in total. The predicted octanol–water partition coefficient (Wildman–Crippen LogP) is 4.02. The van der Waals surface area contributed by atoms with Crippen LogP contribution in [-0.4, -0.2) is 31.8 Å². The van der Waals surface area contributed by atoms with Gasteiger partial charge in [-0.05, 0) is 43.2 Å². The molecule has 0 heterocycles. The molecule has 2 fully saturated rings. The van der Waals surface area contributed by atoms with Crippen LogP contribution < -0.4 is 0 Å². The number of ketones is 2. The Hall–Kier alpha value is -1.74. The second-order valence-electron chi connectivity index (χ2n) is 8.55. The summed E-state index contributed by atoms with van der Waals surface area (Å²) < 4.78 is 68.9. The molecular weight excluding hydrogens is 409 g/mol. The van der Waals surface area contributed by atoms with Crippen LogP contribution >= 0.6 is 0 Å². The van der Waals surface area contributed by atoms with Crippen molar-refractivity contribution in [2.75, 3.05) is 5.75 Å². The number of halogens is 3. The highest BCUT2D eigenvalue weighted by Gasteiger charge is 2.65. The van der Waals surface area contributed by atoms with Gasteiger partial charge in [-0.25, -0.2) is 0 Å². The van der Waals surface area contributed by atoms with Crippen molar-refractivity contribution in [3.8, 4) is 0 Å². The summed E-state index contributed by atoms with van der Waals surface area (Å²) in [6.07, 6.45) is -4.59. The van der Waals surface area contributed by atoms with Gasteiger partial charge in [0.2, 0.25) is 0 Å². The molecule has 2 bridgehead atoms. The number of fused-ring (bicyclic) bond motifs is 2. The average Bonchev–Trinajstić information content (AvgIpc) is 2.93. The Morgan fingerprint density at radius 2 is 1.97 bits per heavy atom. The normalized spacial score (nSPS) is 27.2. The predicted molar refractivity (Wildman–Crippen MR) is 98.7 cm³/mol. The highest BCUT2D eigenvalue weighted by Crippen LogP contribution is 2.64. The van der Waals surface area contributed by atoms with Gasteiger partial charge in [-0.1, -0.05) is 26.0 Å². The third-order valence-electron chi connectivity index (χ3n) is 6.70. The van der Waals surface area contributed by atoms with Crippen molar-refractivity contribution in [3.63, 3.8) is 0 Å². The highest BCUT2D eigenvalue weighted by molar-refractivity contribution is 7.86. The molecule has 29 heavy (non-hydrogen) atoms. The Labute approximate surface area is 167 Å². The van der Waals surface area contributed by atoms with Crippen LogP contribution in [0, 0.1) is 16.7 Å². The molecule has 0 amide bonds. The number of benzene rings is 1. The maximum absolute atomic E-state index is 12.9. The number of rotatable bonds is 6. The van der Waals surface area contributed by atoms with Crippen LogP contribution in [0.2, 0.25) is 0 Å². The van der Waals surface area contributed by atoms with Gasteiger partial charge in [0, 0.05) is 12.0 Å². The lowest BCUT2D eigenvalue weighted by Gasteiger charge is -2.36.